The molecule has 0 fully saturated rings. The Morgan fingerprint density at radius 3 is 2.60 bits per heavy atom. The third-order valence-corrected chi connectivity index (χ3v) is 11.2. The highest BCUT2D eigenvalue weighted by Crippen LogP contribution is 2.41. The number of fused-ring (bicyclic) bond motifs is 2. The number of thiazole rings is 1. The second-order valence-electron chi connectivity index (χ2n) is 11.5. The maximum absolute atomic E-state index is 14.0. The number of carbonyl (C=O) groups excluding carboxylic acids is 2. The first-order chi connectivity index (χ1) is 23.0. The fourth-order valence-corrected chi connectivity index (χ4v) is 7.53. The van der Waals surface area contributed by atoms with Crippen molar-refractivity contribution in [1.29, 1.82) is 0 Å². The minimum absolute atomic E-state index is 0.0772. The maximum atomic E-state index is 14.0. The van der Waals surface area contributed by atoms with E-state index in [0.717, 1.165) is 41.1 Å². The van der Waals surface area contributed by atoms with Crippen molar-refractivity contribution in [3.8, 4) is 39.2 Å². The van der Waals surface area contributed by atoms with Gasteiger partial charge in [-0.2, -0.15) is 13.2 Å². The molecule has 48 heavy (non-hydrogen) atoms. The molecule has 0 saturated heterocycles. The number of benzene rings is 3. The van der Waals surface area contributed by atoms with Crippen molar-refractivity contribution in [2.24, 2.45) is 7.05 Å². The highest BCUT2D eigenvalue weighted by molar-refractivity contribution is 8.27. The van der Waals surface area contributed by atoms with Gasteiger partial charge in [0.15, 0.2) is 10.5 Å². The van der Waals surface area contributed by atoms with Crippen LogP contribution in [0, 0.1) is 11.8 Å². The molecular formula is C36H31F3N4O3S2. The molecule has 1 aliphatic heterocycles. The molecule has 0 atom stereocenters. The van der Waals surface area contributed by atoms with E-state index in [1.165, 1.54) is 35.8 Å². The van der Waals surface area contributed by atoms with E-state index >= 15 is 0 Å². The molecule has 0 spiro atoms. The topological polar surface area (TPSA) is 85.2 Å². The number of alkyl halides is 3. The third-order valence-electron chi connectivity index (χ3n) is 8.49. The van der Waals surface area contributed by atoms with Gasteiger partial charge in [-0.05, 0) is 81.0 Å². The summed E-state index contributed by atoms with van der Waals surface area (Å²) in [6.45, 7) is 1.79. The number of hydrogen-bond acceptors (Lipinski definition) is 7. The summed E-state index contributed by atoms with van der Waals surface area (Å²) in [5.74, 6) is 6.42. The van der Waals surface area contributed by atoms with Gasteiger partial charge in [0.25, 0.3) is 0 Å². The molecule has 0 aliphatic carbocycles. The Bertz CT molecular complexity index is 2260. The van der Waals surface area contributed by atoms with Crippen LogP contribution >= 0.6 is 20.5 Å². The Kier molecular flexibility index (Phi) is 9.26. The summed E-state index contributed by atoms with van der Waals surface area (Å²) in [5.41, 5.74) is 8.62. The molecule has 6 rings (SSSR count). The molecule has 1 aliphatic rings. The maximum Gasteiger partial charge on any atom is 0.394 e. The molecule has 0 bridgehead atoms. The Morgan fingerprint density at radius 1 is 1.08 bits per heavy atom. The summed E-state index contributed by atoms with van der Waals surface area (Å²) < 4.78 is 48.9. The van der Waals surface area contributed by atoms with Gasteiger partial charge in [-0.25, -0.2) is 9.59 Å². The lowest BCUT2D eigenvalue weighted by atomic mass is 9.91. The van der Waals surface area contributed by atoms with Crippen LogP contribution in [0.2, 0.25) is 0 Å². The number of hydrogen-bond donors (Lipinski definition) is 2. The molecule has 0 saturated carbocycles. The summed E-state index contributed by atoms with van der Waals surface area (Å²) in [5, 5.41) is 10.7. The number of rotatable bonds is 7. The molecule has 12 heteroatoms. The smallest absolute Gasteiger partial charge is 0.394 e. The van der Waals surface area contributed by atoms with Gasteiger partial charge in [0.1, 0.15) is 5.75 Å². The first-order valence-electron chi connectivity index (χ1n) is 15.0. The number of anilines is 1. The van der Waals surface area contributed by atoms with Crippen molar-refractivity contribution in [3.63, 3.8) is 0 Å². The molecule has 2 N–H and O–H groups in total. The van der Waals surface area contributed by atoms with E-state index < -0.39 is 21.8 Å². The molecule has 2 aromatic heterocycles. The highest BCUT2D eigenvalue weighted by atomic mass is 32.2. The van der Waals surface area contributed by atoms with E-state index in [0.29, 0.717) is 32.8 Å². The molecule has 246 valence electrons. The van der Waals surface area contributed by atoms with Crippen molar-refractivity contribution in [3.05, 3.63) is 82.6 Å². The van der Waals surface area contributed by atoms with Crippen LogP contribution in [0.15, 0.2) is 65.1 Å². The summed E-state index contributed by atoms with van der Waals surface area (Å²) >= 11 is 1.47. The van der Waals surface area contributed by atoms with Crippen molar-refractivity contribution in [2.75, 3.05) is 31.8 Å². The Labute approximate surface area is 280 Å². The number of halogens is 3. The number of nitrogens with one attached hydrogen (secondary N) is 2. The van der Waals surface area contributed by atoms with E-state index in [4.69, 9.17) is 4.74 Å². The fourth-order valence-electron chi connectivity index (χ4n) is 5.96. The predicted molar refractivity (Wildman–Crippen MR) is 186 cm³/mol. The van der Waals surface area contributed by atoms with Crippen molar-refractivity contribution < 1.29 is 27.5 Å². The van der Waals surface area contributed by atoms with Gasteiger partial charge < -0.3 is 19.9 Å². The number of aryl methyl sites for hydroxylation is 1. The van der Waals surface area contributed by atoms with Crippen LogP contribution in [0.1, 0.15) is 22.4 Å². The Hall–Kier alpha value is -4.75. The zero-order valence-corrected chi connectivity index (χ0v) is 28.0. The van der Waals surface area contributed by atoms with Gasteiger partial charge in [-0.1, -0.05) is 30.0 Å². The van der Waals surface area contributed by atoms with E-state index in [1.807, 2.05) is 12.1 Å². The second kappa shape index (κ2) is 13.4. The first kappa shape index (κ1) is 33.2. The summed E-state index contributed by atoms with van der Waals surface area (Å²) in [6, 6.07) is 15.1. The number of nitrogens with zero attached hydrogens (tertiary/aromatic N) is 2. The molecule has 0 amide bonds. The van der Waals surface area contributed by atoms with Crippen LogP contribution < -0.4 is 15.4 Å². The highest BCUT2D eigenvalue weighted by Gasteiger charge is 2.32. The lowest BCUT2D eigenvalue weighted by molar-refractivity contribution is -0.128. The molecule has 0 radical (unpaired) electrons. The fraction of sp³-hybridized carbons (Fsp3) is 0.250. The van der Waals surface area contributed by atoms with Crippen molar-refractivity contribution >= 4 is 47.6 Å². The Morgan fingerprint density at radius 2 is 1.90 bits per heavy atom. The van der Waals surface area contributed by atoms with E-state index in [9.17, 15) is 22.8 Å². The van der Waals surface area contributed by atoms with E-state index in [1.54, 1.807) is 52.0 Å². The molecular weight excluding hydrogens is 658 g/mol. The number of ether oxygens (including phenoxy) is 1. The Balaban J connectivity index is 1.43. The standard InChI is InChI=1S/C36H31F3N4O3S2/c1-43-32-16-28(24-6-7-25-18-40-12-10-23(25)13-24)30(35-19-41-20-47-35)15-29(32)27(33(43)17-36(37,38)39)5-4-11-42-31-9-8-26(14-34(31)46-2)48(3,21-44)22-45/h6-9,13-16,19-20,40,42H,10-12,17-18H2,1-3H3. The van der Waals surface area contributed by atoms with E-state index in [2.05, 4.69) is 45.7 Å². The van der Waals surface area contributed by atoms with Gasteiger partial charge in [0, 0.05) is 46.8 Å². The predicted octanol–water partition coefficient (Wildman–Crippen LogP) is 7.12. The normalized spacial score (nSPS) is 12.9. The quantitative estimate of drug-likeness (QED) is 0.140. The number of aromatic nitrogens is 2. The van der Waals surface area contributed by atoms with Crippen LogP contribution in [0.3, 0.4) is 0 Å². The van der Waals surface area contributed by atoms with Gasteiger partial charge in [0.2, 0.25) is 0 Å². The number of methoxy groups -OCH3 is 1. The molecule has 0 unspecified atom stereocenters. The minimum Gasteiger partial charge on any atom is -0.495 e. The second-order valence-corrected chi connectivity index (χ2v) is 15.0. The molecule has 7 nitrogen and oxygen atoms in total. The van der Waals surface area contributed by atoms with Gasteiger partial charge in [0.05, 0.1) is 41.7 Å². The summed E-state index contributed by atoms with van der Waals surface area (Å²) in [7, 11) is 0.568. The van der Waals surface area contributed by atoms with Gasteiger partial charge >= 0.3 is 6.18 Å². The zero-order valence-electron chi connectivity index (χ0n) is 26.4. The van der Waals surface area contributed by atoms with Crippen LogP contribution in [-0.2, 0) is 36.0 Å². The van der Waals surface area contributed by atoms with Gasteiger partial charge in [-0.15, -0.1) is 11.3 Å². The van der Waals surface area contributed by atoms with Crippen molar-refractivity contribution in [1.82, 2.24) is 14.9 Å². The lowest BCUT2D eigenvalue weighted by Gasteiger charge is -2.19. The van der Waals surface area contributed by atoms with Crippen LogP contribution in [0.25, 0.3) is 32.5 Å². The first-order valence-corrected chi connectivity index (χ1v) is 17.9. The molecule has 5 aromatic rings. The van der Waals surface area contributed by atoms with Gasteiger partial charge in [-0.3, -0.25) is 4.98 Å². The third kappa shape index (κ3) is 6.52. The van der Waals surface area contributed by atoms with Crippen LogP contribution in [0.5, 0.6) is 5.75 Å². The SMILES string of the molecule is COc1cc(S(C)(=C=O)=C=O)ccc1NCC#Cc1c(CC(F)(F)F)n(C)c2cc(-c3ccc4c(c3)CCNC4)c(-c3cncs3)cc12. The molecule has 3 heterocycles. The summed E-state index contributed by atoms with van der Waals surface area (Å²) in [4.78, 5) is 28.5. The average molecular weight is 689 g/mol. The summed E-state index contributed by atoms with van der Waals surface area (Å²) in [6.07, 6.45) is -1.42. The lowest BCUT2D eigenvalue weighted by Crippen LogP contribution is -2.23. The average Bonchev–Trinajstić information content (AvgIpc) is 3.72. The minimum atomic E-state index is -4.45. The largest absolute Gasteiger partial charge is 0.495 e. The van der Waals surface area contributed by atoms with Crippen LogP contribution in [-0.4, -0.2) is 52.6 Å². The zero-order chi connectivity index (χ0) is 34.1. The van der Waals surface area contributed by atoms with E-state index in [-0.39, 0.29) is 12.2 Å². The monoisotopic (exact) mass is 688 g/mol. The van der Waals surface area contributed by atoms with Crippen molar-refractivity contribution in [2.45, 2.75) is 30.5 Å². The van der Waals surface area contributed by atoms with Crippen LogP contribution in [0.4, 0.5) is 18.9 Å². The molecule has 3 aromatic carbocycles.